The van der Waals surface area contributed by atoms with Gasteiger partial charge >= 0.3 is 0 Å². The normalized spacial score (nSPS) is 21.1. The van der Waals surface area contributed by atoms with E-state index >= 15 is 0 Å². The molecule has 0 spiro atoms. The molecule has 1 aliphatic heterocycles. The molecule has 2 rings (SSSR count). The number of benzene rings is 1. The molecule has 5 heteroatoms. The van der Waals surface area contributed by atoms with Gasteiger partial charge in [-0.2, -0.15) is 0 Å². The molecule has 1 saturated heterocycles. The lowest BCUT2D eigenvalue weighted by molar-refractivity contribution is -0.129. The maximum atomic E-state index is 12.1. The summed E-state index contributed by atoms with van der Waals surface area (Å²) < 4.78 is 0. The topological polar surface area (TPSA) is 40.5 Å². The van der Waals surface area contributed by atoms with Gasteiger partial charge in [0.05, 0.1) is 11.4 Å². The van der Waals surface area contributed by atoms with Crippen LogP contribution in [0.25, 0.3) is 0 Å². The molecule has 0 saturated carbocycles. The van der Waals surface area contributed by atoms with Gasteiger partial charge in [0.2, 0.25) is 5.91 Å². The second-order valence-corrected chi connectivity index (χ2v) is 6.29. The number of carbonyl (C=O) groups is 1. The van der Waals surface area contributed by atoms with Crippen LogP contribution >= 0.6 is 23.4 Å². The molecule has 1 heterocycles. The van der Waals surface area contributed by atoms with Gasteiger partial charge in [-0.25, -0.2) is 0 Å². The molecule has 0 aliphatic carbocycles. The summed E-state index contributed by atoms with van der Waals surface area (Å²) in [7, 11) is 0. The molecular formula is C13H16ClNO2S. The van der Waals surface area contributed by atoms with Crippen molar-refractivity contribution in [2.45, 2.75) is 29.6 Å². The molecule has 1 N–H and O–H groups in total. The molecule has 0 bridgehead atoms. The van der Waals surface area contributed by atoms with Crippen LogP contribution in [-0.4, -0.2) is 40.4 Å². The van der Waals surface area contributed by atoms with Crippen molar-refractivity contribution in [1.29, 1.82) is 0 Å². The largest absolute Gasteiger partial charge is 0.391 e. The predicted octanol–water partition coefficient (Wildman–Crippen LogP) is 2.41. The quantitative estimate of drug-likeness (QED) is 0.867. The SMILES string of the molecule is CC(Sc1ccc(Cl)cc1)C(=O)N1CC[C@H](O)C1. The number of thioether (sulfide) groups is 1. The highest BCUT2D eigenvalue weighted by Gasteiger charge is 2.28. The van der Waals surface area contributed by atoms with Gasteiger partial charge in [0.25, 0.3) is 0 Å². The van der Waals surface area contributed by atoms with Crippen molar-refractivity contribution < 1.29 is 9.90 Å². The summed E-state index contributed by atoms with van der Waals surface area (Å²) in [5, 5.41) is 9.99. The van der Waals surface area contributed by atoms with Gasteiger partial charge in [-0.3, -0.25) is 4.79 Å². The Hall–Kier alpha value is -0.710. The number of rotatable bonds is 3. The number of likely N-dealkylation sites (tertiary alicyclic amines) is 1. The highest BCUT2D eigenvalue weighted by atomic mass is 35.5. The Labute approximate surface area is 116 Å². The molecule has 3 nitrogen and oxygen atoms in total. The number of hydrogen-bond donors (Lipinski definition) is 1. The number of hydrogen-bond acceptors (Lipinski definition) is 3. The fraction of sp³-hybridized carbons (Fsp3) is 0.462. The zero-order chi connectivity index (χ0) is 13.1. The first kappa shape index (κ1) is 13.7. The fourth-order valence-electron chi connectivity index (χ4n) is 1.97. The number of β-amino-alcohol motifs (C(OH)–C–C–N with tert-alkyl or cyclic N) is 1. The minimum atomic E-state index is -0.360. The lowest BCUT2D eigenvalue weighted by Crippen LogP contribution is -2.35. The fourth-order valence-corrected chi connectivity index (χ4v) is 3.04. The Bertz CT molecular complexity index is 424. The molecule has 1 aromatic carbocycles. The average Bonchev–Trinajstić information content (AvgIpc) is 2.78. The molecule has 0 radical (unpaired) electrons. The van der Waals surface area contributed by atoms with Crippen LogP contribution in [0.1, 0.15) is 13.3 Å². The van der Waals surface area contributed by atoms with Crippen LogP contribution in [0.3, 0.4) is 0 Å². The van der Waals surface area contributed by atoms with Crippen LogP contribution in [0, 0.1) is 0 Å². The van der Waals surface area contributed by atoms with Crippen molar-refractivity contribution in [3.8, 4) is 0 Å². The molecule has 18 heavy (non-hydrogen) atoms. The second kappa shape index (κ2) is 5.95. The van der Waals surface area contributed by atoms with Crippen LogP contribution in [0.2, 0.25) is 5.02 Å². The van der Waals surface area contributed by atoms with Gasteiger partial charge in [-0.15, -0.1) is 11.8 Å². The standard InChI is InChI=1S/C13H16ClNO2S/c1-9(13(17)15-7-6-11(16)8-15)18-12-4-2-10(14)3-5-12/h2-5,9,11,16H,6-8H2,1H3/t9?,11-/m0/s1. The molecule has 1 unspecified atom stereocenters. The minimum Gasteiger partial charge on any atom is -0.391 e. The van der Waals surface area contributed by atoms with Gasteiger partial charge in [-0.05, 0) is 37.6 Å². The summed E-state index contributed by atoms with van der Waals surface area (Å²) in [6.45, 7) is 3.02. The lowest BCUT2D eigenvalue weighted by atomic mass is 10.3. The first-order chi connectivity index (χ1) is 8.56. The number of amides is 1. The Morgan fingerprint density at radius 2 is 2.17 bits per heavy atom. The number of halogens is 1. The smallest absolute Gasteiger partial charge is 0.235 e. The molecular weight excluding hydrogens is 270 g/mol. The summed E-state index contributed by atoms with van der Waals surface area (Å²) in [5.41, 5.74) is 0. The van der Waals surface area contributed by atoms with Crippen molar-refractivity contribution in [3.05, 3.63) is 29.3 Å². The van der Waals surface area contributed by atoms with Gasteiger partial charge < -0.3 is 10.0 Å². The van der Waals surface area contributed by atoms with E-state index in [-0.39, 0.29) is 17.3 Å². The summed E-state index contributed by atoms with van der Waals surface area (Å²) in [5.74, 6) is 0.0894. The highest BCUT2D eigenvalue weighted by molar-refractivity contribution is 8.00. The Morgan fingerprint density at radius 1 is 1.50 bits per heavy atom. The molecule has 2 atom stereocenters. The van der Waals surface area contributed by atoms with E-state index in [1.54, 1.807) is 4.90 Å². The number of aliphatic hydroxyl groups excluding tert-OH is 1. The molecule has 98 valence electrons. The molecule has 0 aromatic heterocycles. The summed E-state index contributed by atoms with van der Waals surface area (Å²) in [4.78, 5) is 14.9. The molecule has 1 amide bonds. The first-order valence-corrected chi connectivity index (χ1v) is 7.21. The van der Waals surface area contributed by atoms with Crippen LogP contribution in [-0.2, 0) is 4.79 Å². The van der Waals surface area contributed by atoms with Crippen molar-refractivity contribution in [2.24, 2.45) is 0 Å². The minimum absolute atomic E-state index is 0.0894. The molecule has 1 aromatic rings. The summed E-state index contributed by atoms with van der Waals surface area (Å²) in [6, 6.07) is 7.46. The van der Waals surface area contributed by atoms with Crippen LogP contribution < -0.4 is 0 Å². The van der Waals surface area contributed by atoms with E-state index in [0.717, 1.165) is 4.90 Å². The molecule has 1 fully saturated rings. The maximum Gasteiger partial charge on any atom is 0.235 e. The average molecular weight is 286 g/mol. The van der Waals surface area contributed by atoms with E-state index in [1.165, 1.54) is 11.8 Å². The van der Waals surface area contributed by atoms with Gasteiger partial charge in [-0.1, -0.05) is 11.6 Å². The third-order valence-electron chi connectivity index (χ3n) is 2.95. The van der Waals surface area contributed by atoms with E-state index in [1.807, 2.05) is 31.2 Å². The maximum absolute atomic E-state index is 12.1. The van der Waals surface area contributed by atoms with Crippen molar-refractivity contribution in [2.75, 3.05) is 13.1 Å². The second-order valence-electron chi connectivity index (χ2n) is 4.44. The third-order valence-corrected chi connectivity index (χ3v) is 4.30. The predicted molar refractivity (Wildman–Crippen MR) is 74.0 cm³/mol. The Balaban J connectivity index is 1.93. The number of carbonyl (C=O) groups excluding carboxylic acids is 1. The van der Waals surface area contributed by atoms with Gasteiger partial charge in [0.1, 0.15) is 0 Å². The number of nitrogens with zero attached hydrogens (tertiary/aromatic N) is 1. The van der Waals surface area contributed by atoms with E-state index in [9.17, 15) is 9.90 Å². The highest BCUT2D eigenvalue weighted by Crippen LogP contribution is 2.26. The summed E-state index contributed by atoms with van der Waals surface area (Å²) >= 11 is 7.34. The Kier molecular flexibility index (Phi) is 4.54. The van der Waals surface area contributed by atoms with E-state index in [4.69, 9.17) is 11.6 Å². The van der Waals surface area contributed by atoms with E-state index in [2.05, 4.69) is 0 Å². The van der Waals surface area contributed by atoms with Crippen LogP contribution in [0.5, 0.6) is 0 Å². The van der Waals surface area contributed by atoms with Crippen LogP contribution in [0.15, 0.2) is 29.2 Å². The van der Waals surface area contributed by atoms with Crippen LogP contribution in [0.4, 0.5) is 0 Å². The first-order valence-electron chi connectivity index (χ1n) is 5.95. The van der Waals surface area contributed by atoms with Gasteiger partial charge in [0.15, 0.2) is 0 Å². The third kappa shape index (κ3) is 3.40. The summed E-state index contributed by atoms with van der Waals surface area (Å²) in [6.07, 6.45) is 0.325. The van der Waals surface area contributed by atoms with E-state index < -0.39 is 0 Å². The lowest BCUT2D eigenvalue weighted by Gasteiger charge is -2.20. The van der Waals surface area contributed by atoms with Crippen molar-refractivity contribution in [1.82, 2.24) is 4.90 Å². The number of aliphatic hydroxyl groups is 1. The van der Waals surface area contributed by atoms with Crippen molar-refractivity contribution >= 4 is 29.3 Å². The van der Waals surface area contributed by atoms with E-state index in [0.29, 0.717) is 24.5 Å². The van der Waals surface area contributed by atoms with Crippen molar-refractivity contribution in [3.63, 3.8) is 0 Å². The Morgan fingerprint density at radius 3 is 2.72 bits per heavy atom. The zero-order valence-electron chi connectivity index (χ0n) is 10.2. The monoisotopic (exact) mass is 285 g/mol. The molecule has 1 aliphatic rings. The van der Waals surface area contributed by atoms with Gasteiger partial charge in [0, 0.05) is 23.0 Å². The zero-order valence-corrected chi connectivity index (χ0v) is 11.7.